The van der Waals surface area contributed by atoms with Gasteiger partial charge in [-0.2, -0.15) is 0 Å². The Balaban J connectivity index is 1.83. The first-order chi connectivity index (χ1) is 18.2. The van der Waals surface area contributed by atoms with Gasteiger partial charge < -0.3 is 4.57 Å². The van der Waals surface area contributed by atoms with Gasteiger partial charge in [0.05, 0.1) is 0 Å². The van der Waals surface area contributed by atoms with Gasteiger partial charge in [-0.1, -0.05) is 158 Å². The first kappa shape index (κ1) is 24.8. The molecule has 5 aromatic rings. The van der Waals surface area contributed by atoms with Crippen LogP contribution in [0.2, 0.25) is 0 Å². The Kier molecular flexibility index (Phi) is 7.70. The Morgan fingerprint density at radius 3 is 1.27 bits per heavy atom. The summed E-state index contributed by atoms with van der Waals surface area (Å²) in [6, 6.07) is 50.4. The van der Waals surface area contributed by atoms with Gasteiger partial charge in [-0.05, 0) is 23.3 Å². The standard InChI is InChI=1S/C34H27OPS/c1-27(36(35,30-21-11-4-12-22-30)31-23-13-5-14-24-31)34(37-32-25-15-6-16-26-32)33(28-17-7-2-8-18-28)29-19-9-3-10-20-29/h2-26H,1H2. The van der Waals surface area contributed by atoms with Crippen molar-refractivity contribution in [2.75, 3.05) is 0 Å². The number of rotatable bonds is 8. The van der Waals surface area contributed by atoms with Crippen LogP contribution in [0.3, 0.4) is 0 Å². The second-order valence-corrected chi connectivity index (χ2v) is 12.5. The van der Waals surface area contributed by atoms with Crippen molar-refractivity contribution in [2.45, 2.75) is 4.90 Å². The molecule has 0 aliphatic rings. The van der Waals surface area contributed by atoms with Gasteiger partial charge in [-0.25, -0.2) is 0 Å². The van der Waals surface area contributed by atoms with Crippen LogP contribution in [0.1, 0.15) is 11.1 Å². The van der Waals surface area contributed by atoms with E-state index >= 15 is 4.57 Å². The van der Waals surface area contributed by atoms with E-state index in [0.717, 1.165) is 37.1 Å². The molecule has 0 atom stereocenters. The average Bonchev–Trinajstić information content (AvgIpc) is 2.98. The number of hydrogen-bond donors (Lipinski definition) is 0. The highest BCUT2D eigenvalue weighted by molar-refractivity contribution is 8.04. The Labute approximate surface area is 223 Å². The third kappa shape index (κ3) is 5.32. The maximum atomic E-state index is 15.4. The van der Waals surface area contributed by atoms with Crippen LogP contribution in [0.5, 0.6) is 0 Å². The lowest BCUT2D eigenvalue weighted by Crippen LogP contribution is -2.18. The van der Waals surface area contributed by atoms with Crippen molar-refractivity contribution < 1.29 is 4.57 Å². The highest BCUT2D eigenvalue weighted by Crippen LogP contribution is 2.58. The molecule has 0 radical (unpaired) electrons. The van der Waals surface area contributed by atoms with Crippen LogP contribution in [0, 0.1) is 0 Å². The molecule has 37 heavy (non-hydrogen) atoms. The third-order valence-corrected chi connectivity index (χ3v) is 10.5. The molecule has 0 bridgehead atoms. The topological polar surface area (TPSA) is 17.1 Å². The van der Waals surface area contributed by atoms with Gasteiger partial charge in [-0.15, -0.1) is 0 Å². The van der Waals surface area contributed by atoms with Crippen molar-refractivity contribution in [3.05, 3.63) is 180 Å². The molecule has 0 spiro atoms. The van der Waals surface area contributed by atoms with Gasteiger partial charge >= 0.3 is 0 Å². The third-order valence-electron chi connectivity index (χ3n) is 6.20. The molecule has 0 N–H and O–H groups in total. The molecule has 0 fully saturated rings. The summed E-state index contributed by atoms with van der Waals surface area (Å²) in [4.78, 5) is 1.97. The fraction of sp³-hybridized carbons (Fsp3) is 0. The molecule has 0 aliphatic carbocycles. The highest BCUT2D eigenvalue weighted by atomic mass is 32.2. The normalized spacial score (nSPS) is 11.0. The SMILES string of the molecule is C=C(C(Sc1ccccc1)=C(c1ccccc1)c1ccccc1)P(=O)(c1ccccc1)c1ccccc1. The summed E-state index contributed by atoms with van der Waals surface area (Å²) < 4.78 is 15.4. The average molecular weight is 515 g/mol. The first-order valence-electron chi connectivity index (χ1n) is 12.2. The van der Waals surface area contributed by atoms with E-state index in [-0.39, 0.29) is 0 Å². The van der Waals surface area contributed by atoms with Gasteiger partial charge in [-0.3, -0.25) is 0 Å². The van der Waals surface area contributed by atoms with E-state index in [1.807, 2.05) is 115 Å². The monoisotopic (exact) mass is 514 g/mol. The van der Waals surface area contributed by atoms with E-state index in [9.17, 15) is 0 Å². The highest BCUT2D eigenvalue weighted by Gasteiger charge is 2.34. The number of allylic oxidation sites excluding steroid dienone is 1. The summed E-state index contributed by atoms with van der Waals surface area (Å²) in [5.74, 6) is 0. The van der Waals surface area contributed by atoms with Crippen LogP contribution < -0.4 is 10.6 Å². The maximum absolute atomic E-state index is 15.4. The van der Waals surface area contributed by atoms with Crippen molar-refractivity contribution >= 4 is 35.1 Å². The Bertz CT molecular complexity index is 1460. The second-order valence-electron chi connectivity index (χ2n) is 8.58. The molecule has 0 aromatic heterocycles. The molecule has 0 saturated heterocycles. The van der Waals surface area contributed by atoms with Crippen LogP contribution in [0.4, 0.5) is 0 Å². The smallest absolute Gasteiger partial charge is 0.171 e. The lowest BCUT2D eigenvalue weighted by molar-refractivity contribution is 0.591. The van der Waals surface area contributed by atoms with Gasteiger partial charge in [0.25, 0.3) is 0 Å². The fourth-order valence-electron chi connectivity index (χ4n) is 4.38. The molecule has 0 amide bonds. The summed E-state index contributed by atoms with van der Waals surface area (Å²) in [6.07, 6.45) is 0. The molecule has 5 rings (SSSR count). The summed E-state index contributed by atoms with van der Waals surface area (Å²) in [6.45, 7) is 4.61. The maximum Gasteiger partial charge on any atom is 0.171 e. The largest absolute Gasteiger partial charge is 0.309 e. The molecular formula is C34H27OPS. The van der Waals surface area contributed by atoms with Crippen molar-refractivity contribution in [1.82, 2.24) is 0 Å². The molecule has 0 aliphatic heterocycles. The molecule has 5 aromatic carbocycles. The summed E-state index contributed by atoms with van der Waals surface area (Å²) in [5, 5.41) is 2.18. The summed E-state index contributed by atoms with van der Waals surface area (Å²) in [5.41, 5.74) is 3.13. The van der Waals surface area contributed by atoms with E-state index in [2.05, 4.69) is 43.0 Å². The summed E-state index contributed by atoms with van der Waals surface area (Å²) in [7, 11) is -3.28. The molecule has 1 nitrogen and oxygen atoms in total. The van der Waals surface area contributed by atoms with Gasteiger partial charge in [0.2, 0.25) is 0 Å². The van der Waals surface area contributed by atoms with Crippen molar-refractivity contribution in [3.63, 3.8) is 0 Å². The number of hydrogen-bond acceptors (Lipinski definition) is 2. The van der Waals surface area contributed by atoms with E-state index in [1.54, 1.807) is 11.8 Å². The Morgan fingerprint density at radius 2 is 0.865 bits per heavy atom. The molecular weight excluding hydrogens is 487 g/mol. The van der Waals surface area contributed by atoms with Crippen LogP contribution in [-0.4, -0.2) is 0 Å². The first-order valence-corrected chi connectivity index (χ1v) is 14.7. The lowest BCUT2D eigenvalue weighted by atomic mass is 9.97. The van der Waals surface area contributed by atoms with Crippen molar-refractivity contribution in [2.24, 2.45) is 0 Å². The molecule has 0 saturated carbocycles. The fourth-order valence-corrected chi connectivity index (χ4v) is 8.39. The zero-order valence-corrected chi connectivity index (χ0v) is 22.1. The lowest BCUT2D eigenvalue weighted by Gasteiger charge is -2.26. The number of benzene rings is 5. The molecule has 180 valence electrons. The minimum Gasteiger partial charge on any atom is -0.309 e. The molecule has 3 heteroatoms. The minimum atomic E-state index is -3.28. The van der Waals surface area contributed by atoms with Gasteiger partial charge in [0.15, 0.2) is 7.14 Å². The molecule has 0 unspecified atom stereocenters. The Morgan fingerprint density at radius 1 is 0.514 bits per heavy atom. The van der Waals surface area contributed by atoms with Crippen LogP contribution >= 0.6 is 18.9 Å². The Hall–Kier alpha value is -3.84. The van der Waals surface area contributed by atoms with E-state index in [4.69, 9.17) is 0 Å². The predicted molar refractivity (Wildman–Crippen MR) is 160 cm³/mol. The van der Waals surface area contributed by atoms with E-state index in [1.165, 1.54) is 0 Å². The van der Waals surface area contributed by atoms with Crippen LogP contribution in [0.15, 0.2) is 173 Å². The number of thioether (sulfide) groups is 1. The van der Waals surface area contributed by atoms with E-state index < -0.39 is 7.14 Å². The zero-order chi connectivity index (χ0) is 25.5. The minimum absolute atomic E-state index is 0.626. The predicted octanol–water partition coefficient (Wildman–Crippen LogP) is 8.77. The van der Waals surface area contributed by atoms with Crippen LogP contribution in [-0.2, 0) is 4.57 Å². The van der Waals surface area contributed by atoms with Crippen molar-refractivity contribution in [3.8, 4) is 0 Å². The van der Waals surface area contributed by atoms with E-state index in [0.29, 0.717) is 5.31 Å². The zero-order valence-electron chi connectivity index (χ0n) is 20.4. The molecule has 0 heterocycles. The van der Waals surface area contributed by atoms with Gasteiger partial charge in [0.1, 0.15) is 0 Å². The quantitative estimate of drug-likeness (QED) is 0.117. The van der Waals surface area contributed by atoms with Crippen LogP contribution in [0.25, 0.3) is 5.57 Å². The second kappa shape index (κ2) is 11.5. The van der Waals surface area contributed by atoms with Gasteiger partial charge in [0, 0.05) is 31.3 Å². The summed E-state index contributed by atoms with van der Waals surface area (Å²) >= 11 is 1.62. The van der Waals surface area contributed by atoms with Crippen molar-refractivity contribution in [1.29, 1.82) is 0 Å².